The van der Waals surface area contributed by atoms with E-state index in [1.165, 1.54) is 24.1 Å². The number of anilines is 1. The Morgan fingerprint density at radius 3 is 2.77 bits per heavy atom. The molecule has 30 heavy (non-hydrogen) atoms. The van der Waals surface area contributed by atoms with Gasteiger partial charge in [-0.25, -0.2) is 4.39 Å². The Balaban J connectivity index is 1.37. The molecule has 0 bridgehead atoms. The Labute approximate surface area is 172 Å². The van der Waals surface area contributed by atoms with Gasteiger partial charge in [0.2, 0.25) is 5.91 Å². The standard InChI is InChI=1S/C22H19FN2O5/c1-28-19-5-3-2-4-18(19)25-12-15(10-21(25)26)22(27)29-13-17-11-20(30-24-17)14-6-8-16(23)9-7-14/h2-9,11,15H,10,12-13H2,1H3. The molecule has 8 heteroatoms. The largest absolute Gasteiger partial charge is 0.495 e. The summed E-state index contributed by atoms with van der Waals surface area (Å²) in [6, 6.07) is 14.6. The van der Waals surface area contributed by atoms with E-state index in [0.717, 1.165) is 0 Å². The lowest BCUT2D eigenvalue weighted by molar-refractivity contribution is -0.149. The molecule has 1 aromatic heterocycles. The quantitative estimate of drug-likeness (QED) is 0.578. The molecule has 7 nitrogen and oxygen atoms in total. The van der Waals surface area contributed by atoms with Crippen molar-refractivity contribution >= 4 is 17.6 Å². The zero-order chi connectivity index (χ0) is 21.1. The van der Waals surface area contributed by atoms with E-state index < -0.39 is 11.9 Å². The minimum atomic E-state index is -0.578. The third-order valence-electron chi connectivity index (χ3n) is 4.88. The maximum atomic E-state index is 13.0. The van der Waals surface area contributed by atoms with Gasteiger partial charge in [-0.15, -0.1) is 0 Å². The summed E-state index contributed by atoms with van der Waals surface area (Å²) in [5, 5.41) is 3.87. The number of benzene rings is 2. The SMILES string of the molecule is COc1ccccc1N1CC(C(=O)OCc2cc(-c3ccc(F)cc3)on2)CC1=O. The van der Waals surface area contributed by atoms with E-state index in [-0.39, 0.29) is 31.3 Å². The molecule has 1 aliphatic rings. The van der Waals surface area contributed by atoms with Gasteiger partial charge >= 0.3 is 5.97 Å². The van der Waals surface area contributed by atoms with Crippen LogP contribution in [0.2, 0.25) is 0 Å². The number of esters is 1. The van der Waals surface area contributed by atoms with Crippen molar-refractivity contribution in [3.05, 3.63) is 66.1 Å². The van der Waals surface area contributed by atoms with E-state index in [1.54, 1.807) is 36.4 Å². The number of ether oxygens (including phenoxy) is 2. The second-order valence-corrected chi connectivity index (χ2v) is 6.87. The van der Waals surface area contributed by atoms with E-state index in [0.29, 0.717) is 28.5 Å². The molecule has 4 rings (SSSR count). The van der Waals surface area contributed by atoms with Crippen molar-refractivity contribution in [2.75, 3.05) is 18.6 Å². The van der Waals surface area contributed by atoms with Gasteiger partial charge in [0, 0.05) is 24.6 Å². The van der Waals surface area contributed by atoms with Crippen molar-refractivity contribution in [3.8, 4) is 17.1 Å². The molecule has 1 amide bonds. The average molecular weight is 410 g/mol. The lowest BCUT2D eigenvalue weighted by Crippen LogP contribution is -2.26. The molecule has 0 saturated carbocycles. The highest BCUT2D eigenvalue weighted by molar-refractivity contribution is 6.00. The Morgan fingerprint density at radius 2 is 2.00 bits per heavy atom. The number of rotatable bonds is 6. The van der Waals surface area contributed by atoms with Crippen LogP contribution in [0.25, 0.3) is 11.3 Å². The highest BCUT2D eigenvalue weighted by atomic mass is 19.1. The van der Waals surface area contributed by atoms with Gasteiger partial charge in [0.05, 0.1) is 18.7 Å². The number of carbonyl (C=O) groups is 2. The molecule has 0 radical (unpaired) electrons. The smallest absolute Gasteiger partial charge is 0.311 e. The predicted molar refractivity (Wildman–Crippen MR) is 105 cm³/mol. The summed E-state index contributed by atoms with van der Waals surface area (Å²) in [7, 11) is 1.53. The Bertz CT molecular complexity index is 1060. The van der Waals surface area contributed by atoms with Crippen LogP contribution in [0.4, 0.5) is 10.1 Å². The molecule has 3 aromatic rings. The van der Waals surface area contributed by atoms with Gasteiger partial charge in [0.15, 0.2) is 5.76 Å². The lowest BCUT2D eigenvalue weighted by Gasteiger charge is -2.19. The van der Waals surface area contributed by atoms with Crippen LogP contribution in [-0.2, 0) is 20.9 Å². The van der Waals surface area contributed by atoms with Crippen LogP contribution < -0.4 is 9.64 Å². The molecule has 2 heterocycles. The normalized spacial score (nSPS) is 16.0. The average Bonchev–Trinajstić information content (AvgIpc) is 3.39. The van der Waals surface area contributed by atoms with Gasteiger partial charge in [-0.3, -0.25) is 9.59 Å². The summed E-state index contributed by atoms with van der Waals surface area (Å²) < 4.78 is 28.9. The molecule has 1 unspecified atom stereocenters. The maximum absolute atomic E-state index is 13.0. The van der Waals surface area contributed by atoms with Crippen molar-refractivity contribution < 1.29 is 28.0 Å². The summed E-state index contributed by atoms with van der Waals surface area (Å²) in [6.45, 7) is 0.139. The fraction of sp³-hybridized carbons (Fsp3) is 0.227. The molecule has 2 aromatic carbocycles. The van der Waals surface area contributed by atoms with E-state index in [1.807, 2.05) is 6.07 Å². The Morgan fingerprint density at radius 1 is 1.23 bits per heavy atom. The number of aromatic nitrogens is 1. The highest BCUT2D eigenvalue weighted by Gasteiger charge is 2.37. The second-order valence-electron chi connectivity index (χ2n) is 6.87. The molecule has 0 N–H and O–H groups in total. The molecule has 0 aliphatic carbocycles. The zero-order valence-electron chi connectivity index (χ0n) is 16.2. The molecule has 1 aliphatic heterocycles. The number of nitrogens with zero attached hydrogens (tertiary/aromatic N) is 2. The first-order valence-electron chi connectivity index (χ1n) is 9.36. The molecular weight excluding hydrogens is 391 g/mol. The van der Waals surface area contributed by atoms with E-state index in [4.69, 9.17) is 14.0 Å². The van der Waals surface area contributed by atoms with Gasteiger partial charge in [0.25, 0.3) is 0 Å². The van der Waals surface area contributed by atoms with Crippen LogP contribution in [0.5, 0.6) is 5.75 Å². The van der Waals surface area contributed by atoms with Gasteiger partial charge in [-0.1, -0.05) is 17.3 Å². The molecule has 154 valence electrons. The number of halogens is 1. The predicted octanol–water partition coefficient (Wildman–Crippen LogP) is 3.59. The van der Waals surface area contributed by atoms with Gasteiger partial charge in [-0.2, -0.15) is 0 Å². The first-order chi connectivity index (χ1) is 14.5. The van der Waals surface area contributed by atoms with Crippen molar-refractivity contribution in [1.29, 1.82) is 0 Å². The van der Waals surface area contributed by atoms with Crippen LogP contribution in [0.1, 0.15) is 12.1 Å². The fourth-order valence-electron chi connectivity index (χ4n) is 3.34. The van der Waals surface area contributed by atoms with Gasteiger partial charge < -0.3 is 18.9 Å². The number of hydrogen-bond donors (Lipinski definition) is 0. The molecule has 0 spiro atoms. The number of para-hydroxylation sites is 2. The monoisotopic (exact) mass is 410 g/mol. The van der Waals surface area contributed by atoms with Crippen molar-refractivity contribution in [2.45, 2.75) is 13.0 Å². The minimum absolute atomic E-state index is 0.0660. The first kappa shape index (κ1) is 19.6. The summed E-state index contributed by atoms with van der Waals surface area (Å²) in [4.78, 5) is 26.4. The number of hydrogen-bond acceptors (Lipinski definition) is 6. The van der Waals surface area contributed by atoms with Crippen LogP contribution >= 0.6 is 0 Å². The summed E-state index contributed by atoms with van der Waals surface area (Å²) >= 11 is 0. The number of amides is 1. The Kier molecular flexibility index (Phi) is 5.47. The number of carbonyl (C=O) groups excluding carboxylic acids is 2. The van der Waals surface area contributed by atoms with Crippen molar-refractivity contribution in [1.82, 2.24) is 5.16 Å². The second kappa shape index (κ2) is 8.36. The fourth-order valence-corrected chi connectivity index (χ4v) is 3.34. The number of methoxy groups -OCH3 is 1. The molecule has 1 saturated heterocycles. The molecule has 1 atom stereocenters. The summed E-state index contributed by atoms with van der Waals surface area (Å²) in [5.74, 6) is -0.560. The third kappa shape index (κ3) is 4.03. The Hall–Kier alpha value is -3.68. The molecule has 1 fully saturated rings. The topological polar surface area (TPSA) is 81.9 Å². The van der Waals surface area contributed by atoms with E-state index in [9.17, 15) is 14.0 Å². The van der Waals surface area contributed by atoms with Gasteiger partial charge in [0.1, 0.15) is 23.9 Å². The van der Waals surface area contributed by atoms with E-state index in [2.05, 4.69) is 5.16 Å². The molecular formula is C22H19FN2O5. The van der Waals surface area contributed by atoms with Gasteiger partial charge in [-0.05, 0) is 36.4 Å². The highest BCUT2D eigenvalue weighted by Crippen LogP contribution is 2.33. The van der Waals surface area contributed by atoms with Crippen LogP contribution in [-0.4, -0.2) is 30.7 Å². The van der Waals surface area contributed by atoms with Crippen LogP contribution in [0.15, 0.2) is 59.1 Å². The van der Waals surface area contributed by atoms with Crippen LogP contribution in [0, 0.1) is 11.7 Å². The summed E-state index contributed by atoms with van der Waals surface area (Å²) in [5.41, 5.74) is 1.71. The van der Waals surface area contributed by atoms with E-state index >= 15 is 0 Å². The third-order valence-corrected chi connectivity index (χ3v) is 4.88. The minimum Gasteiger partial charge on any atom is -0.495 e. The van der Waals surface area contributed by atoms with Crippen LogP contribution in [0.3, 0.4) is 0 Å². The zero-order valence-corrected chi connectivity index (χ0v) is 16.2. The van der Waals surface area contributed by atoms with Crippen molar-refractivity contribution in [3.63, 3.8) is 0 Å². The lowest BCUT2D eigenvalue weighted by atomic mass is 10.1. The first-order valence-corrected chi connectivity index (χ1v) is 9.36. The summed E-state index contributed by atoms with van der Waals surface area (Å²) in [6.07, 6.45) is 0.0660. The maximum Gasteiger partial charge on any atom is 0.311 e. The van der Waals surface area contributed by atoms with Crippen molar-refractivity contribution in [2.24, 2.45) is 5.92 Å².